The second-order valence-electron chi connectivity index (χ2n) is 13.1. The minimum Gasteiger partial charge on any atom is -0.497 e. The van der Waals surface area contributed by atoms with E-state index >= 15 is 0 Å². The highest BCUT2D eigenvalue weighted by Crippen LogP contribution is 2.71. The van der Waals surface area contributed by atoms with E-state index in [2.05, 4.69) is 13.8 Å². The smallest absolute Gasteiger partial charge is 0.355 e. The largest absolute Gasteiger partial charge is 0.497 e. The van der Waals surface area contributed by atoms with Crippen molar-refractivity contribution in [3.05, 3.63) is 52.8 Å². The molecule has 3 N–H and O–H groups in total. The third-order valence-electron chi connectivity index (χ3n) is 11.0. The fourth-order valence-electron chi connectivity index (χ4n) is 8.78. The van der Waals surface area contributed by atoms with Gasteiger partial charge in [-0.2, -0.15) is 0 Å². The molecule has 2 saturated carbocycles. The normalized spacial score (nSPS) is 37.6. The van der Waals surface area contributed by atoms with Gasteiger partial charge < -0.3 is 29.4 Å². The maximum absolute atomic E-state index is 14.5. The number of methoxy groups -OCH3 is 1. The summed E-state index contributed by atoms with van der Waals surface area (Å²) in [6.07, 6.45) is 1.24. The highest BCUT2D eigenvalue weighted by atomic mass is 16.6. The third kappa shape index (κ3) is 3.13. The second-order valence-corrected chi connectivity index (χ2v) is 13.1. The number of Topliss-reactive ketones (excluding diaryl/α,β-unsaturated/α-hetero) is 1. The van der Waals surface area contributed by atoms with Crippen LogP contribution < -0.4 is 4.74 Å². The molecule has 0 radical (unpaired) electrons. The van der Waals surface area contributed by atoms with E-state index in [9.17, 15) is 24.9 Å². The number of ether oxygens (including phenoxy) is 2. The van der Waals surface area contributed by atoms with Crippen molar-refractivity contribution in [2.24, 2.45) is 41.5 Å². The molecule has 4 aliphatic carbocycles. The van der Waals surface area contributed by atoms with Gasteiger partial charge in [-0.1, -0.05) is 32.9 Å². The Morgan fingerprint density at radius 2 is 1.93 bits per heavy atom. The number of aromatic nitrogens is 1. The SMILES string of the molecule is COc1ccc2c(c1)c(C)c(C(=O)O[C@H]1C(C)=CC34C(=O)[C@@H](C=C(CO)[C@@H](O)[C@]13O)[C@H]1[C@@H](CC4C)C1(C)C)n2C. The zero-order chi connectivity index (χ0) is 29.1. The summed E-state index contributed by atoms with van der Waals surface area (Å²) in [6, 6.07) is 5.55. The Hall–Kier alpha value is -2.94. The molecule has 40 heavy (non-hydrogen) atoms. The Kier molecular flexibility index (Phi) is 5.81. The van der Waals surface area contributed by atoms with E-state index in [0.29, 0.717) is 29.0 Å². The molecule has 2 bridgehead atoms. The summed E-state index contributed by atoms with van der Waals surface area (Å²) in [5, 5.41) is 35.6. The number of fused-ring (bicyclic) bond motifs is 4. The first-order valence-electron chi connectivity index (χ1n) is 14.1. The van der Waals surface area contributed by atoms with Crippen LogP contribution in [0.1, 0.15) is 50.2 Å². The summed E-state index contributed by atoms with van der Waals surface area (Å²) < 4.78 is 13.2. The Bertz CT molecular complexity index is 1510. The molecule has 8 atom stereocenters. The molecule has 8 heteroatoms. The van der Waals surface area contributed by atoms with E-state index in [-0.39, 0.29) is 34.5 Å². The van der Waals surface area contributed by atoms with E-state index < -0.39 is 41.7 Å². The van der Waals surface area contributed by atoms with Crippen molar-refractivity contribution in [2.75, 3.05) is 13.7 Å². The third-order valence-corrected chi connectivity index (χ3v) is 11.0. The van der Waals surface area contributed by atoms with Crippen LogP contribution in [-0.4, -0.2) is 63.2 Å². The molecule has 1 spiro atoms. The Morgan fingerprint density at radius 1 is 1.23 bits per heavy atom. The second kappa shape index (κ2) is 8.54. The van der Waals surface area contributed by atoms with Crippen molar-refractivity contribution in [1.82, 2.24) is 4.57 Å². The number of hydrogen-bond acceptors (Lipinski definition) is 7. The molecule has 1 aromatic heterocycles. The zero-order valence-electron chi connectivity index (χ0n) is 24.2. The van der Waals surface area contributed by atoms with Gasteiger partial charge in [0, 0.05) is 23.9 Å². The van der Waals surface area contributed by atoms with Gasteiger partial charge >= 0.3 is 5.97 Å². The van der Waals surface area contributed by atoms with Crippen molar-refractivity contribution < 1.29 is 34.4 Å². The number of carbonyl (C=O) groups is 2. The van der Waals surface area contributed by atoms with Gasteiger partial charge in [-0.25, -0.2) is 4.79 Å². The summed E-state index contributed by atoms with van der Waals surface area (Å²) in [6.45, 7) is 9.31. The van der Waals surface area contributed by atoms with Crippen LogP contribution in [0.25, 0.3) is 10.9 Å². The average molecular weight is 550 g/mol. The van der Waals surface area contributed by atoms with Crippen LogP contribution in [0.15, 0.2) is 41.5 Å². The minimum absolute atomic E-state index is 0.0569. The van der Waals surface area contributed by atoms with Gasteiger partial charge in [0.05, 0.1) is 19.1 Å². The van der Waals surface area contributed by atoms with Crippen LogP contribution in [0.3, 0.4) is 0 Å². The summed E-state index contributed by atoms with van der Waals surface area (Å²) in [5.74, 6) is -0.720. The molecule has 1 heterocycles. The molecular formula is C32H39NO7. The van der Waals surface area contributed by atoms with Gasteiger partial charge in [0.25, 0.3) is 0 Å². The number of aliphatic hydroxyl groups excluding tert-OH is 2. The minimum atomic E-state index is -2.17. The zero-order valence-corrected chi connectivity index (χ0v) is 24.2. The molecular weight excluding hydrogens is 510 g/mol. The predicted molar refractivity (Wildman–Crippen MR) is 149 cm³/mol. The predicted octanol–water partition coefficient (Wildman–Crippen LogP) is 3.49. The molecule has 6 rings (SSSR count). The Balaban J connectivity index is 1.46. The van der Waals surface area contributed by atoms with Crippen molar-refractivity contribution in [2.45, 2.75) is 58.8 Å². The van der Waals surface area contributed by atoms with E-state index in [1.165, 1.54) is 0 Å². The highest BCUT2D eigenvalue weighted by Gasteiger charge is 2.76. The number of benzene rings is 1. The van der Waals surface area contributed by atoms with E-state index in [0.717, 1.165) is 10.9 Å². The van der Waals surface area contributed by atoms with Gasteiger partial charge in [-0.3, -0.25) is 4.79 Å². The van der Waals surface area contributed by atoms with Crippen LogP contribution in [-0.2, 0) is 16.6 Å². The van der Waals surface area contributed by atoms with Crippen LogP contribution in [0.2, 0.25) is 0 Å². The van der Waals surface area contributed by atoms with Crippen molar-refractivity contribution in [3.8, 4) is 5.75 Å². The van der Waals surface area contributed by atoms with E-state index in [1.807, 2.05) is 32.0 Å². The summed E-state index contributed by atoms with van der Waals surface area (Å²) in [4.78, 5) is 28.4. The average Bonchev–Trinajstić information content (AvgIpc) is 3.28. The lowest BCUT2D eigenvalue weighted by atomic mass is 9.59. The number of nitrogens with zero attached hydrogens (tertiary/aromatic N) is 1. The first-order valence-corrected chi connectivity index (χ1v) is 14.1. The molecule has 2 fully saturated rings. The van der Waals surface area contributed by atoms with Crippen molar-refractivity contribution >= 4 is 22.7 Å². The number of aliphatic hydroxyl groups is 3. The van der Waals surface area contributed by atoms with Gasteiger partial charge in [0.15, 0.2) is 17.5 Å². The highest BCUT2D eigenvalue weighted by molar-refractivity contribution is 6.00. The Morgan fingerprint density at radius 3 is 2.58 bits per heavy atom. The topological polar surface area (TPSA) is 118 Å². The lowest BCUT2D eigenvalue weighted by Crippen LogP contribution is -2.65. The van der Waals surface area contributed by atoms with E-state index in [4.69, 9.17) is 9.47 Å². The van der Waals surface area contributed by atoms with Crippen LogP contribution >= 0.6 is 0 Å². The van der Waals surface area contributed by atoms with Gasteiger partial charge in [-0.05, 0) is 78.3 Å². The molecule has 0 aliphatic heterocycles. The number of rotatable bonds is 4. The molecule has 0 amide bonds. The maximum Gasteiger partial charge on any atom is 0.355 e. The fourth-order valence-corrected chi connectivity index (χ4v) is 8.78. The van der Waals surface area contributed by atoms with Gasteiger partial charge in [0.1, 0.15) is 17.5 Å². The lowest BCUT2D eigenvalue weighted by Gasteiger charge is -2.48. The van der Waals surface area contributed by atoms with Crippen LogP contribution in [0.5, 0.6) is 5.75 Å². The lowest BCUT2D eigenvalue weighted by molar-refractivity contribution is -0.190. The fraction of sp³-hybridized carbons (Fsp3) is 0.562. The number of hydrogen-bond donors (Lipinski definition) is 3. The first kappa shape index (κ1) is 27.2. The van der Waals surface area contributed by atoms with Gasteiger partial charge in [0.2, 0.25) is 0 Å². The number of esters is 1. The molecule has 214 valence electrons. The first-order chi connectivity index (χ1) is 18.8. The maximum atomic E-state index is 14.5. The van der Waals surface area contributed by atoms with Crippen LogP contribution in [0, 0.1) is 41.4 Å². The summed E-state index contributed by atoms with van der Waals surface area (Å²) in [5.41, 5.74) is -1.17. The number of carbonyl (C=O) groups excluding carboxylic acids is 2. The molecule has 4 aliphatic rings. The summed E-state index contributed by atoms with van der Waals surface area (Å²) in [7, 11) is 3.35. The Labute approximate surface area is 234 Å². The molecule has 2 unspecified atom stereocenters. The molecule has 1 aromatic carbocycles. The molecule has 0 saturated heterocycles. The molecule has 8 nitrogen and oxygen atoms in total. The van der Waals surface area contributed by atoms with Crippen molar-refractivity contribution in [3.63, 3.8) is 0 Å². The summed E-state index contributed by atoms with van der Waals surface area (Å²) >= 11 is 0. The van der Waals surface area contributed by atoms with E-state index in [1.54, 1.807) is 37.8 Å². The number of aryl methyl sites for hydroxylation is 2. The van der Waals surface area contributed by atoms with Crippen molar-refractivity contribution in [1.29, 1.82) is 0 Å². The van der Waals surface area contributed by atoms with Gasteiger partial charge in [-0.15, -0.1) is 0 Å². The standard InChI is InChI=1S/C32H39NO7/c1-15-13-31-16(2)10-22-24(30(22,4)5)21(27(31)36)11-18(14-34)26(35)32(31,38)28(15)40-29(37)25-17(3)20-12-19(39-7)8-9-23(20)33(25)6/h8-9,11-13,16,21-22,24,26,28,34-35,38H,10,14H2,1-7H3/t16?,21-,22+,24-,26+,28-,31?,32-/m0/s1. The quantitative estimate of drug-likeness (QED) is 0.395. The molecule has 2 aromatic rings. The van der Waals surface area contributed by atoms with Crippen LogP contribution in [0.4, 0.5) is 0 Å². The monoisotopic (exact) mass is 549 g/mol. The number of allylic oxidation sites excluding steroid dienone is 1. The number of ketones is 1.